The van der Waals surface area contributed by atoms with Crippen LogP contribution in [0.1, 0.15) is 40.0 Å². The van der Waals surface area contributed by atoms with Crippen LogP contribution in [0, 0.1) is 11.3 Å². The lowest BCUT2D eigenvalue weighted by atomic mass is 9.98. The number of rotatable bonds is 6. The lowest BCUT2D eigenvalue weighted by molar-refractivity contribution is 0.131. The van der Waals surface area contributed by atoms with Gasteiger partial charge in [-0.3, -0.25) is 0 Å². The molecule has 0 heterocycles. The molecule has 3 heteroatoms. The largest absolute Gasteiger partial charge is 0.407 e. The van der Waals surface area contributed by atoms with Gasteiger partial charge in [-0.25, -0.2) is 0 Å². The molecule has 2 saturated carbocycles. The van der Waals surface area contributed by atoms with Crippen LogP contribution in [-0.4, -0.2) is 40.0 Å². The van der Waals surface area contributed by atoms with E-state index in [1.807, 2.05) is 0 Å². The second-order valence-electron chi connectivity index (χ2n) is 10.1. The van der Waals surface area contributed by atoms with Gasteiger partial charge in [0, 0.05) is 18.1 Å². The van der Waals surface area contributed by atoms with Gasteiger partial charge in [-0.15, -0.1) is 0 Å². The van der Waals surface area contributed by atoms with Crippen LogP contribution < -0.4 is 10.4 Å². The second-order valence-corrected chi connectivity index (χ2v) is 14.4. The first-order valence-corrected chi connectivity index (χ1v) is 12.6. The zero-order valence-corrected chi connectivity index (χ0v) is 19.1. The fourth-order valence-electron chi connectivity index (χ4n) is 5.89. The minimum atomic E-state index is -2.42. The molecular weight excluding hydrogens is 358 g/mol. The predicted octanol–water partition coefficient (Wildman–Crippen LogP) is 4.29. The van der Waals surface area contributed by atoms with Crippen molar-refractivity contribution in [3.8, 4) is 0 Å². The van der Waals surface area contributed by atoms with E-state index in [1.54, 1.807) is 0 Å². The minimum absolute atomic E-state index is 0.0585. The molecule has 0 aliphatic heterocycles. The molecule has 4 rings (SSSR count). The van der Waals surface area contributed by atoms with Gasteiger partial charge in [0.15, 0.2) is 0 Å². The minimum Gasteiger partial charge on any atom is -0.407 e. The topological polar surface area (TPSA) is 12.5 Å². The Morgan fingerprint density at radius 1 is 0.929 bits per heavy atom. The van der Waals surface area contributed by atoms with E-state index in [2.05, 4.69) is 100 Å². The van der Waals surface area contributed by atoms with Crippen LogP contribution in [-0.2, 0) is 4.43 Å². The molecule has 0 aromatic heterocycles. The third kappa shape index (κ3) is 3.08. The Balaban J connectivity index is 1.76. The lowest BCUT2D eigenvalue weighted by Crippen LogP contribution is -2.67. The summed E-state index contributed by atoms with van der Waals surface area (Å²) in [6.07, 6.45) is 4.03. The molecule has 150 valence electrons. The summed E-state index contributed by atoms with van der Waals surface area (Å²) in [6, 6.07) is 22.8. The average molecular weight is 394 g/mol. The number of nitrogens with zero attached hydrogens (tertiary/aromatic N) is 1. The maximum absolute atomic E-state index is 7.29. The van der Waals surface area contributed by atoms with Crippen molar-refractivity contribution in [2.75, 3.05) is 20.7 Å². The Morgan fingerprint density at radius 3 is 1.89 bits per heavy atom. The van der Waals surface area contributed by atoms with Gasteiger partial charge in [0.2, 0.25) is 0 Å². The highest BCUT2D eigenvalue weighted by molar-refractivity contribution is 6.99. The molecule has 28 heavy (non-hydrogen) atoms. The van der Waals surface area contributed by atoms with Gasteiger partial charge >= 0.3 is 0 Å². The van der Waals surface area contributed by atoms with E-state index in [-0.39, 0.29) is 5.04 Å². The summed E-state index contributed by atoms with van der Waals surface area (Å²) >= 11 is 0. The van der Waals surface area contributed by atoms with Crippen molar-refractivity contribution in [3.63, 3.8) is 0 Å². The highest BCUT2D eigenvalue weighted by Crippen LogP contribution is 2.65. The number of hydrogen-bond donors (Lipinski definition) is 0. The number of fused-ring (bicyclic) bond motifs is 1. The third-order valence-corrected chi connectivity index (χ3v) is 12.3. The van der Waals surface area contributed by atoms with E-state index >= 15 is 0 Å². The summed E-state index contributed by atoms with van der Waals surface area (Å²) in [4.78, 5) is 2.45. The van der Waals surface area contributed by atoms with Gasteiger partial charge in [-0.05, 0) is 54.7 Å². The zero-order chi connectivity index (χ0) is 20.0. The molecule has 2 aromatic carbocycles. The van der Waals surface area contributed by atoms with E-state index < -0.39 is 8.32 Å². The van der Waals surface area contributed by atoms with Gasteiger partial charge in [0.25, 0.3) is 8.32 Å². The molecule has 2 aliphatic rings. The summed E-state index contributed by atoms with van der Waals surface area (Å²) in [5.74, 6) is 0.859. The Kier molecular flexibility index (Phi) is 5.05. The highest BCUT2D eigenvalue weighted by Gasteiger charge is 2.64. The van der Waals surface area contributed by atoms with Crippen molar-refractivity contribution < 1.29 is 4.43 Å². The summed E-state index contributed by atoms with van der Waals surface area (Å²) in [6.45, 7) is 8.02. The second kappa shape index (κ2) is 7.12. The quantitative estimate of drug-likeness (QED) is 0.679. The molecule has 3 atom stereocenters. The van der Waals surface area contributed by atoms with Crippen LogP contribution in [0.2, 0.25) is 5.04 Å². The smallest absolute Gasteiger partial charge is 0.261 e. The third-order valence-electron chi connectivity index (χ3n) is 7.33. The van der Waals surface area contributed by atoms with Crippen molar-refractivity contribution in [2.24, 2.45) is 11.3 Å². The first-order chi connectivity index (χ1) is 13.3. The fraction of sp³-hybridized carbons (Fsp3) is 0.520. The molecule has 0 N–H and O–H groups in total. The summed E-state index contributed by atoms with van der Waals surface area (Å²) in [5.41, 5.74) is 0.372. The van der Waals surface area contributed by atoms with Gasteiger partial charge in [-0.1, -0.05) is 81.4 Å². The Bertz CT molecular complexity index is 759. The first-order valence-electron chi connectivity index (χ1n) is 10.7. The van der Waals surface area contributed by atoms with E-state index in [1.165, 1.54) is 29.6 Å². The Morgan fingerprint density at radius 2 is 1.46 bits per heavy atom. The van der Waals surface area contributed by atoms with E-state index in [4.69, 9.17) is 4.43 Å². The zero-order valence-electron chi connectivity index (χ0n) is 18.1. The van der Waals surface area contributed by atoms with Gasteiger partial charge in [0.05, 0.1) is 0 Å². The van der Waals surface area contributed by atoms with Crippen LogP contribution in [0.15, 0.2) is 60.7 Å². The lowest BCUT2D eigenvalue weighted by Gasteiger charge is -2.44. The molecule has 0 bridgehead atoms. The molecule has 2 aromatic rings. The molecule has 2 fully saturated rings. The monoisotopic (exact) mass is 393 g/mol. The van der Waals surface area contributed by atoms with Gasteiger partial charge < -0.3 is 9.33 Å². The molecule has 2 aliphatic carbocycles. The molecular formula is C25H35NOSi. The van der Waals surface area contributed by atoms with Crippen LogP contribution in [0.5, 0.6) is 0 Å². The van der Waals surface area contributed by atoms with Crippen molar-refractivity contribution >= 4 is 18.7 Å². The molecule has 0 spiro atoms. The summed E-state index contributed by atoms with van der Waals surface area (Å²) in [7, 11) is 2.07. The van der Waals surface area contributed by atoms with Crippen molar-refractivity contribution in [2.45, 2.75) is 51.1 Å². The summed E-state index contributed by atoms with van der Waals surface area (Å²) < 4.78 is 7.29. The molecule has 1 unspecified atom stereocenters. The van der Waals surface area contributed by atoms with Crippen LogP contribution in [0.3, 0.4) is 0 Å². The molecule has 0 radical (unpaired) electrons. The van der Waals surface area contributed by atoms with E-state index in [0.29, 0.717) is 11.5 Å². The summed E-state index contributed by atoms with van der Waals surface area (Å²) in [5, 5.41) is 2.84. The molecule has 0 amide bonds. The maximum Gasteiger partial charge on any atom is 0.261 e. The predicted molar refractivity (Wildman–Crippen MR) is 121 cm³/mol. The Hall–Kier alpha value is -1.42. The van der Waals surface area contributed by atoms with Crippen LogP contribution in [0.4, 0.5) is 0 Å². The number of benzene rings is 2. The van der Waals surface area contributed by atoms with Crippen LogP contribution >= 0.6 is 0 Å². The fourth-order valence-corrected chi connectivity index (χ4v) is 10.5. The van der Waals surface area contributed by atoms with Crippen LogP contribution in [0.25, 0.3) is 0 Å². The standard InChI is InChI=1S/C25H35NOSi/c1-24(2,3)28(21-12-8-6-9-13-21,22-14-10-7-11-15-22)27-19-25-18-20(25)16-17-23(25)26(4)5/h6-15,20,23H,16-19H2,1-5H3/t20-,23?,25-/m0/s1. The average Bonchev–Trinajstić information content (AvgIpc) is 3.26. The van der Waals surface area contributed by atoms with Gasteiger partial charge in [0.1, 0.15) is 0 Å². The highest BCUT2D eigenvalue weighted by atomic mass is 28.4. The van der Waals surface area contributed by atoms with E-state index in [9.17, 15) is 0 Å². The Labute approximate surface area is 172 Å². The number of hydrogen-bond acceptors (Lipinski definition) is 2. The van der Waals surface area contributed by atoms with Crippen molar-refractivity contribution in [3.05, 3.63) is 60.7 Å². The molecule has 2 nitrogen and oxygen atoms in total. The normalized spacial score (nSPS) is 27.1. The van der Waals surface area contributed by atoms with Crippen molar-refractivity contribution in [1.29, 1.82) is 0 Å². The maximum atomic E-state index is 7.29. The van der Waals surface area contributed by atoms with Gasteiger partial charge in [-0.2, -0.15) is 0 Å². The van der Waals surface area contributed by atoms with E-state index in [0.717, 1.165) is 12.5 Å². The van der Waals surface area contributed by atoms with Crippen molar-refractivity contribution in [1.82, 2.24) is 4.90 Å². The molecule has 0 saturated heterocycles. The first kappa shape index (κ1) is 19.9. The SMILES string of the molecule is CN(C)C1CC[C@H]2C[C@@]12CO[Si](c1ccccc1)(c1ccccc1)C(C)(C)C.